The van der Waals surface area contributed by atoms with Crippen LogP contribution in [0.15, 0.2) is 60.9 Å². The summed E-state index contributed by atoms with van der Waals surface area (Å²) < 4.78 is 1.92. The summed E-state index contributed by atoms with van der Waals surface area (Å²) in [5, 5.41) is 11.6. The third-order valence-electron chi connectivity index (χ3n) is 5.01. The molecule has 7 heteroatoms. The van der Waals surface area contributed by atoms with E-state index in [0.717, 1.165) is 36.8 Å². The molecule has 0 aliphatic carbocycles. The number of carbonyl (C=O) groups is 1. The fourth-order valence-corrected chi connectivity index (χ4v) is 3.28. The van der Waals surface area contributed by atoms with Gasteiger partial charge < -0.3 is 19.7 Å². The Bertz CT molecular complexity index is 897. The number of rotatable bonds is 4. The van der Waals surface area contributed by atoms with Gasteiger partial charge in [-0.25, -0.2) is 4.79 Å². The smallest absolute Gasteiger partial charge is 0.321 e. The van der Waals surface area contributed by atoms with Crippen molar-refractivity contribution in [1.82, 2.24) is 19.7 Å². The van der Waals surface area contributed by atoms with Gasteiger partial charge >= 0.3 is 6.03 Å². The van der Waals surface area contributed by atoms with Crippen molar-refractivity contribution in [2.24, 2.45) is 0 Å². The Morgan fingerprint density at radius 3 is 2.18 bits per heavy atom. The third kappa shape index (κ3) is 3.98. The summed E-state index contributed by atoms with van der Waals surface area (Å²) in [7, 11) is 0. The van der Waals surface area contributed by atoms with Crippen LogP contribution in [0.3, 0.4) is 0 Å². The number of aromatic nitrogens is 3. The molecule has 1 N–H and O–H groups in total. The van der Waals surface area contributed by atoms with Crippen molar-refractivity contribution in [2.75, 3.05) is 36.4 Å². The van der Waals surface area contributed by atoms with Crippen molar-refractivity contribution in [2.45, 2.75) is 13.3 Å². The van der Waals surface area contributed by atoms with Crippen LogP contribution in [0.25, 0.3) is 5.82 Å². The zero-order valence-electron chi connectivity index (χ0n) is 16.0. The lowest BCUT2D eigenvalue weighted by Gasteiger charge is -2.35. The lowest BCUT2D eigenvalue weighted by Crippen LogP contribution is -2.50. The largest absolute Gasteiger partial charge is 0.352 e. The average Bonchev–Trinajstić information content (AvgIpc) is 3.29. The van der Waals surface area contributed by atoms with Gasteiger partial charge in [-0.15, -0.1) is 10.2 Å². The lowest BCUT2D eigenvalue weighted by molar-refractivity contribution is 0.208. The Morgan fingerprint density at radius 2 is 1.57 bits per heavy atom. The van der Waals surface area contributed by atoms with Crippen LogP contribution in [0, 0.1) is 0 Å². The van der Waals surface area contributed by atoms with Crippen molar-refractivity contribution in [3.05, 3.63) is 66.5 Å². The quantitative estimate of drug-likeness (QED) is 0.759. The summed E-state index contributed by atoms with van der Waals surface area (Å²) >= 11 is 0. The first-order valence-corrected chi connectivity index (χ1v) is 9.60. The summed E-state index contributed by atoms with van der Waals surface area (Å²) in [6.45, 7) is 4.89. The number of piperazine rings is 1. The van der Waals surface area contributed by atoms with Crippen LogP contribution in [0.2, 0.25) is 0 Å². The monoisotopic (exact) mass is 376 g/mol. The van der Waals surface area contributed by atoms with Gasteiger partial charge in [0.2, 0.25) is 0 Å². The average molecular weight is 376 g/mol. The Balaban J connectivity index is 1.31. The van der Waals surface area contributed by atoms with E-state index in [4.69, 9.17) is 0 Å². The van der Waals surface area contributed by atoms with E-state index >= 15 is 0 Å². The minimum absolute atomic E-state index is 0.0575. The van der Waals surface area contributed by atoms with Crippen LogP contribution in [-0.2, 0) is 6.42 Å². The first-order chi connectivity index (χ1) is 13.7. The van der Waals surface area contributed by atoms with Crippen molar-refractivity contribution < 1.29 is 4.79 Å². The number of benzene rings is 1. The summed E-state index contributed by atoms with van der Waals surface area (Å²) in [4.78, 5) is 16.5. The second kappa shape index (κ2) is 8.12. The zero-order valence-corrected chi connectivity index (χ0v) is 16.0. The number of hydrogen-bond donors (Lipinski definition) is 1. The molecule has 1 aliphatic heterocycles. The molecule has 3 aromatic rings. The number of carbonyl (C=O) groups excluding carboxylic acids is 1. The number of amides is 2. The van der Waals surface area contributed by atoms with Crippen LogP contribution in [-0.4, -0.2) is 51.9 Å². The molecular formula is C21H24N6O. The molecule has 1 saturated heterocycles. The van der Waals surface area contributed by atoms with Gasteiger partial charge in [-0.1, -0.05) is 19.1 Å². The first-order valence-electron chi connectivity index (χ1n) is 9.60. The van der Waals surface area contributed by atoms with Gasteiger partial charge in [-0.3, -0.25) is 0 Å². The highest BCUT2D eigenvalue weighted by molar-refractivity contribution is 5.89. The van der Waals surface area contributed by atoms with Crippen molar-refractivity contribution in [3.8, 4) is 5.82 Å². The molecule has 28 heavy (non-hydrogen) atoms. The standard InChI is InChI=1S/C21H24N6O/c1-2-17-5-7-18(8-6-17)22-21(28)27-15-13-26(14-16-27)20-10-9-19(23-24-20)25-11-3-4-12-25/h3-12H,2,13-16H2,1H3,(H,22,28). The SMILES string of the molecule is CCc1ccc(NC(=O)N2CCN(c3ccc(-n4cccc4)nn3)CC2)cc1. The topological polar surface area (TPSA) is 66.3 Å². The minimum atomic E-state index is -0.0575. The van der Waals surface area contributed by atoms with Crippen LogP contribution < -0.4 is 10.2 Å². The summed E-state index contributed by atoms with van der Waals surface area (Å²) in [5.74, 6) is 1.63. The van der Waals surface area contributed by atoms with Gasteiger partial charge in [-0.2, -0.15) is 0 Å². The van der Waals surface area contributed by atoms with E-state index in [2.05, 4.69) is 27.3 Å². The molecule has 7 nitrogen and oxygen atoms in total. The normalized spacial score (nSPS) is 14.2. The predicted octanol–water partition coefficient (Wildman–Crippen LogP) is 3.18. The number of nitrogens with one attached hydrogen (secondary N) is 1. The molecule has 1 aromatic carbocycles. The summed E-state index contributed by atoms with van der Waals surface area (Å²) in [6.07, 6.45) is 4.87. The van der Waals surface area contributed by atoms with Gasteiger partial charge in [0, 0.05) is 44.3 Å². The van der Waals surface area contributed by atoms with E-state index in [-0.39, 0.29) is 6.03 Å². The van der Waals surface area contributed by atoms with Gasteiger partial charge in [-0.05, 0) is 48.4 Å². The van der Waals surface area contributed by atoms with Crippen LogP contribution in [0.1, 0.15) is 12.5 Å². The van der Waals surface area contributed by atoms with E-state index in [9.17, 15) is 4.79 Å². The van der Waals surface area contributed by atoms with Crippen LogP contribution >= 0.6 is 0 Å². The van der Waals surface area contributed by atoms with E-state index in [1.165, 1.54) is 5.56 Å². The third-order valence-corrected chi connectivity index (χ3v) is 5.01. The summed E-state index contributed by atoms with van der Waals surface area (Å²) in [5.41, 5.74) is 2.09. The van der Waals surface area contributed by atoms with Gasteiger partial charge in [0.05, 0.1) is 0 Å². The molecule has 1 fully saturated rings. The van der Waals surface area contributed by atoms with Crippen LogP contribution in [0.5, 0.6) is 0 Å². The highest BCUT2D eigenvalue weighted by Crippen LogP contribution is 2.16. The maximum Gasteiger partial charge on any atom is 0.321 e. The molecule has 4 rings (SSSR count). The zero-order chi connectivity index (χ0) is 19.3. The Hall–Kier alpha value is -3.35. The molecule has 1 aliphatic rings. The van der Waals surface area contributed by atoms with E-state index in [1.54, 1.807) is 0 Å². The number of anilines is 2. The highest BCUT2D eigenvalue weighted by atomic mass is 16.2. The second-order valence-electron chi connectivity index (χ2n) is 6.79. The molecule has 0 atom stereocenters. The Kier molecular flexibility index (Phi) is 5.23. The van der Waals surface area contributed by atoms with Crippen molar-refractivity contribution >= 4 is 17.5 Å². The Labute approximate surface area is 164 Å². The molecule has 0 spiro atoms. The maximum atomic E-state index is 12.5. The lowest BCUT2D eigenvalue weighted by atomic mass is 10.1. The van der Waals surface area contributed by atoms with Gasteiger partial charge in [0.15, 0.2) is 11.6 Å². The number of hydrogen-bond acceptors (Lipinski definition) is 4. The molecule has 0 saturated carbocycles. The maximum absolute atomic E-state index is 12.5. The molecule has 0 bridgehead atoms. The fourth-order valence-electron chi connectivity index (χ4n) is 3.28. The fraction of sp³-hybridized carbons (Fsp3) is 0.286. The number of nitrogens with zero attached hydrogens (tertiary/aromatic N) is 5. The van der Waals surface area contributed by atoms with Gasteiger partial charge in [0.1, 0.15) is 0 Å². The van der Waals surface area contributed by atoms with Crippen LogP contribution in [0.4, 0.5) is 16.3 Å². The van der Waals surface area contributed by atoms with E-state index in [0.29, 0.717) is 13.1 Å². The first kappa shape index (κ1) is 18.0. The molecule has 3 heterocycles. The molecule has 144 valence electrons. The Morgan fingerprint density at radius 1 is 0.929 bits per heavy atom. The second-order valence-corrected chi connectivity index (χ2v) is 6.79. The molecule has 0 unspecified atom stereocenters. The molecule has 0 radical (unpaired) electrons. The molecule has 2 amide bonds. The van der Waals surface area contributed by atoms with Gasteiger partial charge in [0.25, 0.3) is 0 Å². The van der Waals surface area contributed by atoms with E-state index in [1.807, 2.05) is 70.4 Å². The predicted molar refractivity (Wildman–Crippen MR) is 110 cm³/mol. The molecular weight excluding hydrogens is 352 g/mol. The summed E-state index contributed by atoms with van der Waals surface area (Å²) in [6, 6.07) is 15.8. The van der Waals surface area contributed by atoms with E-state index < -0.39 is 0 Å². The minimum Gasteiger partial charge on any atom is -0.352 e. The highest BCUT2D eigenvalue weighted by Gasteiger charge is 2.22. The van der Waals surface area contributed by atoms with Crippen molar-refractivity contribution in [3.63, 3.8) is 0 Å². The molecule has 2 aromatic heterocycles. The number of aryl methyl sites for hydroxylation is 1. The number of urea groups is 1. The van der Waals surface area contributed by atoms with Crippen molar-refractivity contribution in [1.29, 1.82) is 0 Å².